The van der Waals surface area contributed by atoms with Crippen molar-refractivity contribution in [2.75, 3.05) is 13.2 Å². The fourth-order valence-corrected chi connectivity index (χ4v) is 3.93. The van der Waals surface area contributed by atoms with E-state index in [1.54, 1.807) is 0 Å². The summed E-state index contributed by atoms with van der Waals surface area (Å²) in [6, 6.07) is 6.73. The maximum absolute atomic E-state index is 6.46. The Hall–Kier alpha value is -0.580. The number of ether oxygens (including phenoxy) is 2. The molecule has 0 aromatic heterocycles. The van der Waals surface area contributed by atoms with Gasteiger partial charge in [0.15, 0.2) is 0 Å². The molecule has 0 amide bonds. The third kappa shape index (κ3) is 3.27. The Kier molecular flexibility index (Phi) is 4.57. The molecule has 3 unspecified atom stereocenters. The summed E-state index contributed by atoms with van der Waals surface area (Å²) < 4.78 is 13.3. The quantitative estimate of drug-likeness (QED) is 0.882. The lowest BCUT2D eigenvalue weighted by atomic mass is 9.80. The maximum Gasteiger partial charge on any atom is 0.125 e. The van der Waals surface area contributed by atoms with Crippen molar-refractivity contribution in [3.05, 3.63) is 28.2 Å². The fraction of sp³-hybridized carbons (Fsp3) is 0.647. The van der Waals surface area contributed by atoms with Gasteiger partial charge in [-0.3, -0.25) is 0 Å². The average molecular weight is 354 g/mol. The van der Waals surface area contributed by atoms with Crippen molar-refractivity contribution in [2.45, 2.75) is 57.3 Å². The van der Waals surface area contributed by atoms with Gasteiger partial charge in [0.05, 0.1) is 12.7 Å². The number of nitrogens with one attached hydrogen (secondary N) is 1. The van der Waals surface area contributed by atoms with Gasteiger partial charge in [0.1, 0.15) is 11.4 Å². The Labute approximate surface area is 135 Å². The van der Waals surface area contributed by atoms with Gasteiger partial charge in [-0.1, -0.05) is 22.9 Å². The molecule has 3 rings (SSSR count). The molecule has 0 radical (unpaired) electrons. The van der Waals surface area contributed by atoms with Gasteiger partial charge in [0, 0.05) is 35.3 Å². The maximum atomic E-state index is 6.46. The number of benzene rings is 1. The first-order chi connectivity index (χ1) is 10.1. The van der Waals surface area contributed by atoms with Gasteiger partial charge in [-0.25, -0.2) is 0 Å². The molecule has 1 fully saturated rings. The number of hydrogen-bond donors (Lipinski definition) is 1. The zero-order chi connectivity index (χ0) is 14.9. The van der Waals surface area contributed by atoms with E-state index in [0.717, 1.165) is 49.1 Å². The van der Waals surface area contributed by atoms with Crippen molar-refractivity contribution in [3.8, 4) is 5.75 Å². The molecule has 2 aliphatic heterocycles. The zero-order valence-electron chi connectivity index (χ0n) is 12.8. The van der Waals surface area contributed by atoms with Crippen molar-refractivity contribution in [2.24, 2.45) is 0 Å². The summed E-state index contributed by atoms with van der Waals surface area (Å²) in [6.07, 6.45) is 4.42. The second kappa shape index (κ2) is 6.27. The lowest BCUT2D eigenvalue weighted by Gasteiger charge is -2.46. The molecule has 0 saturated carbocycles. The van der Waals surface area contributed by atoms with E-state index in [1.165, 1.54) is 5.56 Å². The molecule has 3 nitrogen and oxygen atoms in total. The van der Waals surface area contributed by atoms with Crippen LogP contribution in [0, 0.1) is 0 Å². The molecule has 2 aliphatic rings. The van der Waals surface area contributed by atoms with E-state index in [0.29, 0.717) is 6.04 Å². The van der Waals surface area contributed by atoms with Gasteiger partial charge in [-0.15, -0.1) is 0 Å². The van der Waals surface area contributed by atoms with Gasteiger partial charge in [0.25, 0.3) is 0 Å². The molecule has 116 valence electrons. The third-order valence-electron chi connectivity index (χ3n) is 4.51. The minimum absolute atomic E-state index is 0.0656. The van der Waals surface area contributed by atoms with E-state index in [2.05, 4.69) is 53.3 Å². The first-order valence-electron chi connectivity index (χ1n) is 7.95. The van der Waals surface area contributed by atoms with Gasteiger partial charge >= 0.3 is 0 Å². The molecule has 3 atom stereocenters. The van der Waals surface area contributed by atoms with Crippen LogP contribution in [0.5, 0.6) is 5.75 Å². The molecule has 1 spiro atoms. The van der Waals surface area contributed by atoms with Crippen LogP contribution in [-0.4, -0.2) is 24.9 Å². The standard InChI is InChI=1S/C17H24BrNO2/c1-3-7-19-15-11-17(6-8-20-12(2)10-17)21-16-5-4-13(18)9-14(15)16/h4-5,9,12,15,19H,3,6-8,10-11H2,1-2H3. The number of halogens is 1. The molecule has 4 heteroatoms. The Bertz CT molecular complexity index is 508. The molecule has 21 heavy (non-hydrogen) atoms. The van der Waals surface area contributed by atoms with Crippen LogP contribution in [0.25, 0.3) is 0 Å². The van der Waals surface area contributed by atoms with Gasteiger partial charge in [0.2, 0.25) is 0 Å². The van der Waals surface area contributed by atoms with Gasteiger partial charge < -0.3 is 14.8 Å². The second-order valence-electron chi connectivity index (χ2n) is 6.31. The third-order valence-corrected chi connectivity index (χ3v) is 5.00. The van der Waals surface area contributed by atoms with Crippen molar-refractivity contribution in [1.82, 2.24) is 5.32 Å². The fourth-order valence-electron chi connectivity index (χ4n) is 3.55. The summed E-state index contributed by atoms with van der Waals surface area (Å²) in [7, 11) is 0. The predicted molar refractivity (Wildman–Crippen MR) is 87.8 cm³/mol. The first kappa shape index (κ1) is 15.3. The van der Waals surface area contributed by atoms with Crippen molar-refractivity contribution >= 4 is 15.9 Å². The van der Waals surface area contributed by atoms with Crippen LogP contribution in [0.4, 0.5) is 0 Å². The summed E-state index contributed by atoms with van der Waals surface area (Å²) in [5.74, 6) is 1.03. The topological polar surface area (TPSA) is 30.5 Å². The van der Waals surface area contributed by atoms with Crippen molar-refractivity contribution in [3.63, 3.8) is 0 Å². The minimum Gasteiger partial charge on any atom is -0.487 e. The highest BCUT2D eigenvalue weighted by Crippen LogP contribution is 2.45. The van der Waals surface area contributed by atoms with Crippen LogP contribution in [0.2, 0.25) is 0 Å². The van der Waals surface area contributed by atoms with E-state index in [-0.39, 0.29) is 11.7 Å². The zero-order valence-corrected chi connectivity index (χ0v) is 14.4. The normalized spacial score (nSPS) is 31.8. The highest BCUT2D eigenvalue weighted by Gasteiger charge is 2.43. The molecule has 1 saturated heterocycles. The van der Waals surface area contributed by atoms with Crippen LogP contribution in [0.1, 0.15) is 51.1 Å². The Morgan fingerprint density at radius 3 is 3.00 bits per heavy atom. The highest BCUT2D eigenvalue weighted by atomic mass is 79.9. The molecule has 0 bridgehead atoms. The van der Waals surface area contributed by atoms with Gasteiger partial charge in [-0.05, 0) is 38.1 Å². The minimum atomic E-state index is -0.0656. The van der Waals surface area contributed by atoms with E-state index in [4.69, 9.17) is 9.47 Å². The molecule has 1 aromatic rings. The van der Waals surface area contributed by atoms with Crippen LogP contribution < -0.4 is 10.1 Å². The Morgan fingerprint density at radius 2 is 2.24 bits per heavy atom. The molecular formula is C17H24BrNO2. The van der Waals surface area contributed by atoms with E-state index >= 15 is 0 Å². The van der Waals surface area contributed by atoms with Crippen LogP contribution in [0.3, 0.4) is 0 Å². The molecule has 1 N–H and O–H groups in total. The number of fused-ring (bicyclic) bond motifs is 1. The second-order valence-corrected chi connectivity index (χ2v) is 7.23. The summed E-state index contributed by atoms with van der Waals surface area (Å²) in [5.41, 5.74) is 1.21. The number of hydrogen-bond acceptors (Lipinski definition) is 3. The monoisotopic (exact) mass is 353 g/mol. The van der Waals surface area contributed by atoms with E-state index in [9.17, 15) is 0 Å². The van der Waals surface area contributed by atoms with Crippen LogP contribution in [-0.2, 0) is 4.74 Å². The predicted octanol–water partition coefficient (Wildman–Crippen LogP) is 4.21. The lowest BCUT2D eigenvalue weighted by Crippen LogP contribution is -2.49. The Balaban J connectivity index is 1.90. The van der Waals surface area contributed by atoms with Crippen LogP contribution >= 0.6 is 15.9 Å². The van der Waals surface area contributed by atoms with E-state index in [1.807, 2.05) is 0 Å². The first-order valence-corrected chi connectivity index (χ1v) is 8.75. The average Bonchev–Trinajstić information content (AvgIpc) is 2.45. The molecule has 1 aromatic carbocycles. The SMILES string of the molecule is CCCNC1CC2(CCOC(C)C2)Oc2ccc(Br)cc21. The Morgan fingerprint density at radius 1 is 1.38 bits per heavy atom. The molecule has 2 heterocycles. The lowest BCUT2D eigenvalue weighted by molar-refractivity contribution is -0.0967. The summed E-state index contributed by atoms with van der Waals surface area (Å²) in [4.78, 5) is 0. The van der Waals surface area contributed by atoms with Crippen LogP contribution in [0.15, 0.2) is 22.7 Å². The largest absolute Gasteiger partial charge is 0.487 e. The molecule has 0 aliphatic carbocycles. The molecular weight excluding hydrogens is 330 g/mol. The summed E-state index contributed by atoms with van der Waals surface area (Å²) in [6.45, 7) is 6.20. The number of rotatable bonds is 3. The van der Waals surface area contributed by atoms with Gasteiger partial charge in [-0.2, -0.15) is 0 Å². The van der Waals surface area contributed by atoms with E-state index < -0.39 is 0 Å². The van der Waals surface area contributed by atoms with Crippen molar-refractivity contribution < 1.29 is 9.47 Å². The highest BCUT2D eigenvalue weighted by molar-refractivity contribution is 9.10. The smallest absolute Gasteiger partial charge is 0.125 e. The summed E-state index contributed by atoms with van der Waals surface area (Å²) in [5, 5.41) is 3.70. The summed E-state index contributed by atoms with van der Waals surface area (Å²) >= 11 is 3.58. The van der Waals surface area contributed by atoms with Crippen molar-refractivity contribution in [1.29, 1.82) is 0 Å².